The van der Waals surface area contributed by atoms with Crippen LogP contribution < -0.4 is 14.8 Å². The number of aromatic nitrogens is 1. The number of amides is 1. The highest BCUT2D eigenvalue weighted by atomic mass is 32.1. The standard InChI is InChI=1S/C25H22N2O3S/c1-29-20-13-11-18(12-14-20)23-22(15-17-7-4-3-5-8-17)31-25(26-23)27-24(28)19-9-6-10-21(16-19)30-2/h3-14,16H,15H2,1-2H3,(H,26,27,28). The Balaban J connectivity index is 1.65. The van der Waals surface area contributed by atoms with Crippen LogP contribution in [0.1, 0.15) is 20.8 Å². The molecule has 0 saturated carbocycles. The normalized spacial score (nSPS) is 10.5. The van der Waals surface area contributed by atoms with Crippen molar-refractivity contribution in [3.05, 3.63) is 94.9 Å². The molecule has 0 bridgehead atoms. The molecule has 1 amide bonds. The number of methoxy groups -OCH3 is 2. The van der Waals surface area contributed by atoms with Crippen LogP contribution in [0, 0.1) is 0 Å². The summed E-state index contributed by atoms with van der Waals surface area (Å²) in [6, 6.07) is 25.1. The highest BCUT2D eigenvalue weighted by Gasteiger charge is 2.16. The van der Waals surface area contributed by atoms with Gasteiger partial charge in [-0.15, -0.1) is 11.3 Å². The van der Waals surface area contributed by atoms with Crippen molar-refractivity contribution < 1.29 is 14.3 Å². The van der Waals surface area contributed by atoms with E-state index in [0.29, 0.717) is 16.4 Å². The molecule has 0 aliphatic carbocycles. The van der Waals surface area contributed by atoms with Gasteiger partial charge in [0.25, 0.3) is 5.91 Å². The largest absolute Gasteiger partial charge is 0.497 e. The molecule has 0 aliphatic heterocycles. The lowest BCUT2D eigenvalue weighted by molar-refractivity contribution is 0.102. The van der Waals surface area contributed by atoms with Crippen molar-refractivity contribution in [3.63, 3.8) is 0 Å². The fourth-order valence-electron chi connectivity index (χ4n) is 3.21. The van der Waals surface area contributed by atoms with Crippen molar-refractivity contribution in [2.45, 2.75) is 6.42 Å². The summed E-state index contributed by atoms with van der Waals surface area (Å²) >= 11 is 1.49. The lowest BCUT2D eigenvalue weighted by Crippen LogP contribution is -2.11. The topological polar surface area (TPSA) is 60.5 Å². The van der Waals surface area contributed by atoms with Crippen molar-refractivity contribution in [1.29, 1.82) is 0 Å². The summed E-state index contributed by atoms with van der Waals surface area (Å²) in [6.07, 6.45) is 0.731. The smallest absolute Gasteiger partial charge is 0.257 e. The van der Waals surface area contributed by atoms with Crippen LogP contribution in [0.25, 0.3) is 11.3 Å². The van der Waals surface area contributed by atoms with Crippen molar-refractivity contribution in [2.24, 2.45) is 0 Å². The first-order chi connectivity index (χ1) is 15.2. The van der Waals surface area contributed by atoms with E-state index in [1.165, 1.54) is 16.9 Å². The molecule has 3 aromatic carbocycles. The van der Waals surface area contributed by atoms with Gasteiger partial charge in [0.05, 0.1) is 19.9 Å². The summed E-state index contributed by atoms with van der Waals surface area (Å²) in [6.45, 7) is 0. The number of anilines is 1. The molecule has 0 fully saturated rings. The number of carbonyl (C=O) groups is 1. The van der Waals surface area contributed by atoms with Gasteiger partial charge in [0.15, 0.2) is 5.13 Å². The van der Waals surface area contributed by atoms with Crippen molar-refractivity contribution in [3.8, 4) is 22.8 Å². The maximum Gasteiger partial charge on any atom is 0.257 e. The predicted octanol–water partition coefficient (Wildman–Crippen LogP) is 5.67. The van der Waals surface area contributed by atoms with Gasteiger partial charge in [0.1, 0.15) is 11.5 Å². The molecular formula is C25H22N2O3S. The van der Waals surface area contributed by atoms with Gasteiger partial charge >= 0.3 is 0 Å². The Morgan fingerprint density at radius 3 is 2.35 bits per heavy atom. The number of rotatable bonds is 7. The van der Waals surface area contributed by atoms with E-state index in [4.69, 9.17) is 14.5 Å². The second-order valence-corrected chi connectivity index (χ2v) is 7.95. The van der Waals surface area contributed by atoms with Gasteiger partial charge in [0, 0.05) is 22.4 Å². The van der Waals surface area contributed by atoms with Gasteiger partial charge in [-0.05, 0) is 48.0 Å². The Kier molecular flexibility index (Phi) is 6.29. The average Bonchev–Trinajstić information content (AvgIpc) is 3.21. The minimum absolute atomic E-state index is 0.222. The fourth-order valence-corrected chi connectivity index (χ4v) is 4.23. The minimum Gasteiger partial charge on any atom is -0.497 e. The maximum absolute atomic E-state index is 12.8. The van der Waals surface area contributed by atoms with E-state index >= 15 is 0 Å². The minimum atomic E-state index is -0.222. The molecule has 5 nitrogen and oxygen atoms in total. The monoisotopic (exact) mass is 430 g/mol. The van der Waals surface area contributed by atoms with Crippen LogP contribution in [0.4, 0.5) is 5.13 Å². The van der Waals surface area contributed by atoms with E-state index in [-0.39, 0.29) is 5.91 Å². The molecule has 1 aromatic heterocycles. The molecular weight excluding hydrogens is 408 g/mol. The Hall–Kier alpha value is -3.64. The van der Waals surface area contributed by atoms with Gasteiger partial charge in [-0.2, -0.15) is 0 Å². The highest BCUT2D eigenvalue weighted by Crippen LogP contribution is 2.34. The summed E-state index contributed by atoms with van der Waals surface area (Å²) in [5.41, 5.74) is 3.54. The van der Waals surface area contributed by atoms with Crippen LogP contribution in [0.5, 0.6) is 11.5 Å². The molecule has 0 spiro atoms. The number of hydrogen-bond acceptors (Lipinski definition) is 5. The third kappa shape index (κ3) is 4.92. The van der Waals surface area contributed by atoms with Crippen LogP contribution in [-0.2, 0) is 6.42 Å². The number of carbonyl (C=O) groups excluding carboxylic acids is 1. The summed E-state index contributed by atoms with van der Waals surface area (Å²) in [5, 5.41) is 3.50. The summed E-state index contributed by atoms with van der Waals surface area (Å²) in [7, 11) is 3.22. The number of nitrogens with zero attached hydrogens (tertiary/aromatic N) is 1. The SMILES string of the molecule is COc1ccc(-c2nc(NC(=O)c3cccc(OC)c3)sc2Cc2ccccc2)cc1. The van der Waals surface area contributed by atoms with Crippen LogP contribution in [0.3, 0.4) is 0 Å². The van der Waals surface area contributed by atoms with Gasteiger partial charge in [-0.1, -0.05) is 36.4 Å². The molecule has 1 N–H and O–H groups in total. The van der Waals surface area contributed by atoms with Gasteiger partial charge in [-0.3, -0.25) is 10.1 Å². The average molecular weight is 431 g/mol. The zero-order chi connectivity index (χ0) is 21.6. The Morgan fingerprint density at radius 1 is 0.903 bits per heavy atom. The van der Waals surface area contributed by atoms with Crippen LogP contribution in [-0.4, -0.2) is 25.1 Å². The molecule has 4 aromatic rings. The molecule has 0 radical (unpaired) electrons. The number of nitrogens with one attached hydrogen (secondary N) is 1. The van der Waals surface area contributed by atoms with E-state index < -0.39 is 0 Å². The highest BCUT2D eigenvalue weighted by molar-refractivity contribution is 7.16. The molecule has 4 rings (SSSR count). The van der Waals surface area contributed by atoms with E-state index in [9.17, 15) is 4.79 Å². The summed E-state index contributed by atoms with van der Waals surface area (Å²) < 4.78 is 10.5. The summed E-state index contributed by atoms with van der Waals surface area (Å²) in [5.74, 6) is 1.20. The first-order valence-corrected chi connectivity index (χ1v) is 10.6. The Bertz CT molecular complexity index is 1170. The maximum atomic E-state index is 12.8. The lowest BCUT2D eigenvalue weighted by atomic mass is 10.1. The van der Waals surface area contributed by atoms with E-state index in [2.05, 4.69) is 17.4 Å². The molecule has 0 unspecified atom stereocenters. The molecule has 0 aliphatic rings. The lowest BCUT2D eigenvalue weighted by Gasteiger charge is -2.04. The third-order valence-electron chi connectivity index (χ3n) is 4.82. The Labute approximate surface area is 185 Å². The summed E-state index contributed by atoms with van der Waals surface area (Å²) in [4.78, 5) is 18.6. The zero-order valence-electron chi connectivity index (χ0n) is 17.3. The molecule has 6 heteroatoms. The van der Waals surface area contributed by atoms with Crippen molar-refractivity contribution >= 4 is 22.4 Å². The van der Waals surface area contributed by atoms with E-state index in [0.717, 1.165) is 28.3 Å². The molecule has 156 valence electrons. The first kappa shape index (κ1) is 20.6. The van der Waals surface area contributed by atoms with Gasteiger partial charge in [0.2, 0.25) is 0 Å². The third-order valence-corrected chi connectivity index (χ3v) is 5.79. The first-order valence-electron chi connectivity index (χ1n) is 9.79. The number of hydrogen-bond donors (Lipinski definition) is 1. The van der Waals surface area contributed by atoms with Crippen molar-refractivity contribution in [2.75, 3.05) is 19.5 Å². The number of ether oxygens (including phenoxy) is 2. The van der Waals surface area contributed by atoms with Crippen LogP contribution in [0.15, 0.2) is 78.9 Å². The van der Waals surface area contributed by atoms with Crippen molar-refractivity contribution in [1.82, 2.24) is 4.98 Å². The molecule has 0 atom stereocenters. The van der Waals surface area contributed by atoms with Gasteiger partial charge < -0.3 is 9.47 Å². The Morgan fingerprint density at radius 2 is 1.65 bits per heavy atom. The van der Waals surface area contributed by atoms with Crippen LogP contribution in [0.2, 0.25) is 0 Å². The van der Waals surface area contributed by atoms with Crippen LogP contribution >= 0.6 is 11.3 Å². The van der Waals surface area contributed by atoms with E-state index in [1.54, 1.807) is 38.5 Å². The fraction of sp³-hybridized carbons (Fsp3) is 0.120. The number of benzene rings is 3. The molecule has 1 heterocycles. The zero-order valence-corrected chi connectivity index (χ0v) is 18.1. The quantitative estimate of drug-likeness (QED) is 0.410. The number of thiazole rings is 1. The predicted molar refractivity (Wildman–Crippen MR) is 124 cm³/mol. The van der Waals surface area contributed by atoms with E-state index in [1.807, 2.05) is 42.5 Å². The molecule has 31 heavy (non-hydrogen) atoms. The van der Waals surface area contributed by atoms with Gasteiger partial charge in [-0.25, -0.2) is 4.98 Å². The second kappa shape index (κ2) is 9.45. The second-order valence-electron chi connectivity index (χ2n) is 6.87. The molecule has 0 saturated heterocycles.